The van der Waals surface area contributed by atoms with Crippen LogP contribution in [0.3, 0.4) is 0 Å². The Balaban J connectivity index is 1.24. The fraction of sp³-hybridized carbons (Fsp3) is 0.370. The zero-order valence-electron chi connectivity index (χ0n) is 20.2. The molecule has 1 unspecified atom stereocenters. The maximum absolute atomic E-state index is 13.2. The van der Waals surface area contributed by atoms with E-state index in [1.165, 1.54) is 7.11 Å². The third kappa shape index (κ3) is 4.18. The van der Waals surface area contributed by atoms with Crippen molar-refractivity contribution in [3.63, 3.8) is 0 Å². The number of rotatable bonds is 4. The summed E-state index contributed by atoms with van der Waals surface area (Å²) in [4.78, 5) is 28.4. The van der Waals surface area contributed by atoms with E-state index in [2.05, 4.69) is 16.7 Å². The van der Waals surface area contributed by atoms with Crippen molar-refractivity contribution in [3.8, 4) is 6.07 Å². The Hall–Kier alpha value is -3.99. The first-order chi connectivity index (χ1) is 16.9. The van der Waals surface area contributed by atoms with Crippen LogP contribution in [0.2, 0.25) is 0 Å². The van der Waals surface area contributed by atoms with E-state index < -0.39 is 0 Å². The molecule has 2 aromatic carbocycles. The minimum atomic E-state index is -0.293. The van der Waals surface area contributed by atoms with E-state index in [1.54, 1.807) is 4.90 Å². The minimum absolute atomic E-state index is 0.0321. The van der Waals surface area contributed by atoms with Crippen molar-refractivity contribution in [2.45, 2.75) is 25.9 Å². The number of hydrogen-bond donors (Lipinski definition) is 2. The van der Waals surface area contributed by atoms with E-state index in [1.807, 2.05) is 61.2 Å². The van der Waals surface area contributed by atoms with Crippen LogP contribution in [-0.4, -0.2) is 61.3 Å². The van der Waals surface area contributed by atoms with Gasteiger partial charge >= 0.3 is 6.09 Å². The molecule has 1 atom stereocenters. The van der Waals surface area contributed by atoms with Gasteiger partial charge in [0.05, 0.1) is 24.4 Å². The molecule has 2 aromatic rings. The Morgan fingerprint density at radius 2 is 1.71 bits per heavy atom. The number of likely N-dealkylation sites (tertiary alicyclic amines) is 2. The summed E-state index contributed by atoms with van der Waals surface area (Å²) in [5.41, 5.74) is 6.61. The molecule has 2 amide bonds. The lowest BCUT2D eigenvalue weighted by molar-refractivity contribution is 0.0533. The molecular formula is C27H29N5O3. The van der Waals surface area contributed by atoms with Crippen molar-refractivity contribution < 1.29 is 14.3 Å². The number of allylic oxidation sites excluding steroid dienone is 1. The van der Waals surface area contributed by atoms with Crippen molar-refractivity contribution >= 4 is 17.7 Å². The third-order valence-corrected chi connectivity index (χ3v) is 7.29. The molecule has 5 rings (SSSR count). The number of hydrogen-bond acceptors (Lipinski definition) is 6. The Kier molecular flexibility index (Phi) is 5.85. The van der Waals surface area contributed by atoms with E-state index in [4.69, 9.17) is 10.00 Å². The quantitative estimate of drug-likeness (QED) is 0.712. The predicted octanol–water partition coefficient (Wildman–Crippen LogP) is 3.01. The molecule has 2 saturated heterocycles. The zero-order chi connectivity index (χ0) is 24.7. The van der Waals surface area contributed by atoms with E-state index in [0.29, 0.717) is 43.2 Å². The van der Waals surface area contributed by atoms with Gasteiger partial charge in [0.1, 0.15) is 6.17 Å². The summed E-state index contributed by atoms with van der Waals surface area (Å²) in [6.07, 6.45) is -0.258. The molecule has 0 spiro atoms. The van der Waals surface area contributed by atoms with Gasteiger partial charge in [-0.25, -0.2) is 4.79 Å². The number of carbonyl (C=O) groups is 2. The maximum atomic E-state index is 13.2. The van der Waals surface area contributed by atoms with Crippen LogP contribution in [0.15, 0.2) is 48.2 Å². The van der Waals surface area contributed by atoms with Crippen LogP contribution in [-0.2, 0) is 4.74 Å². The minimum Gasteiger partial charge on any atom is -0.453 e. The Labute approximate surface area is 205 Å². The summed E-state index contributed by atoms with van der Waals surface area (Å²) in [7, 11) is 1.40. The van der Waals surface area contributed by atoms with Crippen molar-refractivity contribution in [1.82, 2.24) is 20.4 Å². The number of benzene rings is 2. The molecule has 0 aromatic heterocycles. The maximum Gasteiger partial charge on any atom is 0.409 e. The van der Waals surface area contributed by atoms with Gasteiger partial charge in [-0.05, 0) is 49.2 Å². The number of ether oxygens (including phenoxy) is 1. The molecule has 35 heavy (non-hydrogen) atoms. The van der Waals surface area contributed by atoms with Crippen LogP contribution < -0.4 is 10.6 Å². The molecule has 0 saturated carbocycles. The smallest absolute Gasteiger partial charge is 0.409 e. The fourth-order valence-electron chi connectivity index (χ4n) is 5.01. The lowest BCUT2D eigenvalue weighted by atomic mass is 9.90. The molecule has 0 bridgehead atoms. The van der Waals surface area contributed by atoms with E-state index in [0.717, 1.165) is 28.1 Å². The first-order valence-electron chi connectivity index (χ1n) is 11.8. The van der Waals surface area contributed by atoms with Crippen LogP contribution in [0, 0.1) is 24.2 Å². The highest BCUT2D eigenvalue weighted by atomic mass is 16.5. The zero-order valence-corrected chi connectivity index (χ0v) is 20.2. The topological polar surface area (TPSA) is 97.7 Å². The Morgan fingerprint density at radius 3 is 2.37 bits per heavy atom. The number of nitrogens with one attached hydrogen (secondary N) is 2. The summed E-state index contributed by atoms with van der Waals surface area (Å²) >= 11 is 0. The molecule has 2 fully saturated rings. The molecule has 180 valence electrons. The number of nitriles is 1. The van der Waals surface area contributed by atoms with Crippen LogP contribution in [0.1, 0.15) is 45.5 Å². The van der Waals surface area contributed by atoms with Gasteiger partial charge in [-0.1, -0.05) is 18.2 Å². The summed E-state index contributed by atoms with van der Waals surface area (Å²) < 4.78 is 4.79. The first-order valence-corrected chi connectivity index (χ1v) is 11.8. The Bertz CT molecular complexity index is 1230. The highest BCUT2D eigenvalue weighted by Crippen LogP contribution is 2.32. The highest BCUT2D eigenvalue weighted by molar-refractivity contribution is 5.96. The van der Waals surface area contributed by atoms with Crippen LogP contribution in [0.5, 0.6) is 0 Å². The Morgan fingerprint density at radius 1 is 1.00 bits per heavy atom. The van der Waals surface area contributed by atoms with Gasteiger partial charge in [0.2, 0.25) is 0 Å². The number of methoxy groups -OCH3 is 1. The van der Waals surface area contributed by atoms with Crippen molar-refractivity contribution in [1.29, 1.82) is 5.26 Å². The van der Waals surface area contributed by atoms with Crippen molar-refractivity contribution in [2.24, 2.45) is 5.92 Å². The molecule has 0 radical (unpaired) electrons. The normalized spacial score (nSPS) is 19.9. The average Bonchev–Trinajstić information content (AvgIpc) is 3.18. The van der Waals surface area contributed by atoms with Gasteiger partial charge in [-0.2, -0.15) is 5.26 Å². The van der Waals surface area contributed by atoms with Crippen molar-refractivity contribution in [3.05, 3.63) is 76.0 Å². The first kappa shape index (κ1) is 22.8. The lowest BCUT2D eigenvalue weighted by Crippen LogP contribution is -2.59. The van der Waals surface area contributed by atoms with Gasteiger partial charge in [-0.15, -0.1) is 0 Å². The summed E-state index contributed by atoms with van der Waals surface area (Å²) in [6, 6.07) is 15.6. The molecule has 8 nitrogen and oxygen atoms in total. The predicted molar refractivity (Wildman–Crippen MR) is 131 cm³/mol. The number of aryl methyl sites for hydroxylation is 1. The van der Waals surface area contributed by atoms with E-state index >= 15 is 0 Å². The fourth-order valence-corrected chi connectivity index (χ4v) is 5.01. The second-order valence-corrected chi connectivity index (χ2v) is 9.57. The van der Waals surface area contributed by atoms with Gasteiger partial charge in [0.25, 0.3) is 5.91 Å². The second-order valence-electron chi connectivity index (χ2n) is 9.57. The number of carbonyl (C=O) groups excluding carboxylic acids is 2. The number of nitrogens with zero attached hydrogens (tertiary/aromatic N) is 3. The summed E-state index contributed by atoms with van der Waals surface area (Å²) in [6.45, 7) is 6.72. The second kappa shape index (κ2) is 8.99. The molecular weight excluding hydrogens is 442 g/mol. The average molecular weight is 472 g/mol. The molecule has 3 aliphatic rings. The standard InChI is InChI=1S/C27H29N5O3/c1-16-4-7-20(26(33)31-12-21(13-31)19-8-5-18(11-28)6-9-19)10-23(16)24-17(2)29-25(30-24)22-14-32(15-22)27(34)35-3/h4-10,21-22,25,29-30H,12-15H2,1-3H3. The lowest BCUT2D eigenvalue weighted by Gasteiger charge is -2.41. The molecule has 0 aliphatic carbocycles. The van der Waals surface area contributed by atoms with Gasteiger partial charge < -0.3 is 25.2 Å². The summed E-state index contributed by atoms with van der Waals surface area (Å²) in [5.74, 6) is 0.617. The van der Waals surface area contributed by atoms with Crippen LogP contribution in [0.25, 0.3) is 5.70 Å². The monoisotopic (exact) mass is 471 g/mol. The molecule has 2 N–H and O–H groups in total. The van der Waals surface area contributed by atoms with E-state index in [9.17, 15) is 9.59 Å². The highest BCUT2D eigenvalue weighted by Gasteiger charge is 2.40. The van der Waals surface area contributed by atoms with Gasteiger partial charge in [0, 0.05) is 54.8 Å². The van der Waals surface area contributed by atoms with Crippen LogP contribution >= 0.6 is 0 Å². The van der Waals surface area contributed by atoms with Crippen LogP contribution in [0.4, 0.5) is 4.79 Å². The molecule has 8 heteroatoms. The largest absolute Gasteiger partial charge is 0.453 e. The SMILES string of the molecule is COC(=O)N1CC(C2NC(C)=C(c3cc(C(=O)N4CC(c5ccc(C#N)cc5)C4)ccc3C)N2)C1. The molecule has 3 heterocycles. The third-order valence-electron chi connectivity index (χ3n) is 7.29. The summed E-state index contributed by atoms with van der Waals surface area (Å²) in [5, 5.41) is 16.1. The van der Waals surface area contributed by atoms with Crippen molar-refractivity contribution in [2.75, 3.05) is 33.3 Å². The molecule has 3 aliphatic heterocycles. The number of amides is 2. The van der Waals surface area contributed by atoms with Gasteiger partial charge in [-0.3, -0.25) is 4.79 Å². The van der Waals surface area contributed by atoms with E-state index in [-0.39, 0.29) is 24.1 Å². The van der Waals surface area contributed by atoms with Gasteiger partial charge in [0.15, 0.2) is 0 Å².